The zero-order valence-corrected chi connectivity index (χ0v) is 20.2. The molecule has 0 unspecified atom stereocenters. The Balaban J connectivity index is 1.60. The monoisotopic (exact) mass is 505 g/mol. The van der Waals surface area contributed by atoms with Gasteiger partial charge >= 0.3 is 0 Å². The van der Waals surface area contributed by atoms with Gasteiger partial charge in [-0.15, -0.1) is 0 Å². The van der Waals surface area contributed by atoms with Crippen LogP contribution in [0.15, 0.2) is 113 Å². The van der Waals surface area contributed by atoms with Gasteiger partial charge in [0, 0.05) is 41.3 Å². The van der Waals surface area contributed by atoms with E-state index in [1.165, 1.54) is 12.1 Å². The van der Waals surface area contributed by atoms with Crippen LogP contribution in [0.4, 0.5) is 17.1 Å². The summed E-state index contributed by atoms with van der Waals surface area (Å²) in [5.74, 6) is 0.0905. The molecule has 0 saturated carbocycles. The topological polar surface area (TPSA) is 106 Å². The molecule has 8 nitrogen and oxygen atoms in total. The van der Waals surface area contributed by atoms with E-state index in [0.29, 0.717) is 46.0 Å². The predicted molar refractivity (Wildman–Crippen MR) is 142 cm³/mol. The largest absolute Gasteiger partial charge is 0.469 e. The lowest BCUT2D eigenvalue weighted by molar-refractivity contribution is -0.384. The number of Topliss-reactive ketones (excluding diaryl/α,β-unsaturated/α-hetero) is 1. The van der Waals surface area contributed by atoms with E-state index in [1.807, 2.05) is 36.4 Å². The first-order valence-electron chi connectivity index (χ1n) is 12.3. The number of ketones is 1. The first-order valence-corrected chi connectivity index (χ1v) is 12.3. The van der Waals surface area contributed by atoms with Gasteiger partial charge in [0.15, 0.2) is 5.78 Å². The summed E-state index contributed by atoms with van der Waals surface area (Å²) < 4.78 is 5.63. The van der Waals surface area contributed by atoms with E-state index >= 15 is 0 Å². The Morgan fingerprint density at radius 1 is 0.947 bits per heavy atom. The molecule has 1 aliphatic heterocycles. The number of non-ortho nitro benzene ring substituents is 1. The molecule has 0 bridgehead atoms. The summed E-state index contributed by atoms with van der Waals surface area (Å²) in [5.41, 5.74) is 3.17. The molecule has 0 saturated heterocycles. The Labute approximate surface area is 218 Å². The molecule has 2 heterocycles. The van der Waals surface area contributed by atoms with E-state index in [-0.39, 0.29) is 29.7 Å². The third kappa shape index (κ3) is 4.06. The van der Waals surface area contributed by atoms with Gasteiger partial charge in [0.2, 0.25) is 0 Å². The van der Waals surface area contributed by atoms with E-state index < -0.39 is 11.0 Å². The molecule has 1 amide bonds. The summed E-state index contributed by atoms with van der Waals surface area (Å²) in [4.78, 5) is 40.9. The van der Waals surface area contributed by atoms with Crippen molar-refractivity contribution in [1.29, 1.82) is 0 Å². The highest BCUT2D eigenvalue weighted by Gasteiger charge is 2.42. The molecule has 38 heavy (non-hydrogen) atoms. The maximum atomic E-state index is 14.2. The zero-order chi connectivity index (χ0) is 26.2. The number of benzene rings is 3. The number of nitrogens with one attached hydrogen (secondary N) is 1. The second-order valence-electron chi connectivity index (χ2n) is 9.37. The molecular weight excluding hydrogens is 482 g/mol. The number of carbonyl (C=O) groups is 2. The molecule has 1 N–H and O–H groups in total. The van der Waals surface area contributed by atoms with Crippen LogP contribution in [0.25, 0.3) is 0 Å². The Morgan fingerprint density at radius 3 is 2.50 bits per heavy atom. The van der Waals surface area contributed by atoms with Gasteiger partial charge in [-0.3, -0.25) is 24.6 Å². The first kappa shape index (κ1) is 23.4. The predicted octanol–water partition coefficient (Wildman–Crippen LogP) is 6.40. The normalized spacial score (nSPS) is 18.7. The van der Waals surface area contributed by atoms with Crippen molar-refractivity contribution in [2.75, 3.05) is 10.2 Å². The molecule has 2 atom stereocenters. The van der Waals surface area contributed by atoms with Crippen LogP contribution in [0.2, 0.25) is 0 Å². The minimum atomic E-state index is -0.876. The van der Waals surface area contributed by atoms with Gasteiger partial charge in [-0.1, -0.05) is 42.5 Å². The van der Waals surface area contributed by atoms with Crippen LogP contribution in [0, 0.1) is 10.1 Å². The molecular formula is C30H23N3O5. The van der Waals surface area contributed by atoms with Gasteiger partial charge in [0.25, 0.3) is 11.6 Å². The number of hydrogen-bond donors (Lipinski definition) is 1. The number of furan rings is 1. The second-order valence-corrected chi connectivity index (χ2v) is 9.37. The van der Waals surface area contributed by atoms with Gasteiger partial charge < -0.3 is 9.73 Å². The molecule has 1 aliphatic carbocycles. The summed E-state index contributed by atoms with van der Waals surface area (Å²) in [5, 5.41) is 15.1. The van der Waals surface area contributed by atoms with Crippen LogP contribution in [-0.4, -0.2) is 16.6 Å². The summed E-state index contributed by atoms with van der Waals surface area (Å²) in [7, 11) is 0. The lowest BCUT2D eigenvalue weighted by Crippen LogP contribution is -2.38. The average molecular weight is 506 g/mol. The maximum Gasteiger partial charge on any atom is 0.269 e. The van der Waals surface area contributed by atoms with Crippen molar-refractivity contribution < 1.29 is 18.9 Å². The number of amides is 1. The fourth-order valence-electron chi connectivity index (χ4n) is 5.38. The number of fused-ring (bicyclic) bond motifs is 1. The maximum absolute atomic E-state index is 14.2. The highest BCUT2D eigenvalue weighted by atomic mass is 16.6. The average Bonchev–Trinajstić information content (AvgIpc) is 3.43. The number of nitrogens with zero attached hydrogens (tertiary/aromatic N) is 2. The number of anilines is 2. The van der Waals surface area contributed by atoms with E-state index in [2.05, 4.69) is 5.32 Å². The van der Waals surface area contributed by atoms with Gasteiger partial charge in [-0.05, 0) is 48.4 Å². The number of nitro groups is 1. The minimum absolute atomic E-state index is 0.112. The zero-order valence-electron chi connectivity index (χ0n) is 20.2. The lowest BCUT2D eigenvalue weighted by atomic mass is 9.80. The number of hydrogen-bond acceptors (Lipinski definition) is 6. The third-order valence-corrected chi connectivity index (χ3v) is 7.07. The molecule has 3 aromatic carbocycles. The van der Waals surface area contributed by atoms with Crippen molar-refractivity contribution in [1.82, 2.24) is 0 Å². The molecule has 2 aliphatic rings. The van der Waals surface area contributed by atoms with Crippen molar-refractivity contribution >= 4 is 28.8 Å². The highest BCUT2D eigenvalue weighted by Crippen LogP contribution is 2.48. The Morgan fingerprint density at radius 2 is 1.74 bits per heavy atom. The van der Waals surface area contributed by atoms with Crippen molar-refractivity contribution in [2.24, 2.45) is 0 Å². The quantitative estimate of drug-likeness (QED) is 0.254. The molecule has 188 valence electrons. The van der Waals surface area contributed by atoms with Crippen molar-refractivity contribution in [3.05, 3.63) is 136 Å². The molecule has 0 radical (unpaired) electrons. The Hall–Kier alpha value is -4.98. The van der Waals surface area contributed by atoms with Crippen LogP contribution >= 0.6 is 0 Å². The van der Waals surface area contributed by atoms with Crippen LogP contribution < -0.4 is 10.2 Å². The fraction of sp³-hybridized carbons (Fsp3) is 0.133. The van der Waals surface area contributed by atoms with Gasteiger partial charge in [-0.2, -0.15) is 0 Å². The summed E-state index contributed by atoms with van der Waals surface area (Å²) in [6, 6.07) is 25.1. The fourth-order valence-corrected chi connectivity index (χ4v) is 5.38. The SMILES string of the molecule is O=C1C[C@@H](c2ccco2)CC2=C1[C@@H](c1cccc([N+](=O)[O-])c1)N(C(=O)c1ccccc1)c1ccccc1N2. The molecule has 4 aromatic rings. The van der Waals surface area contributed by atoms with E-state index in [4.69, 9.17) is 4.42 Å². The molecule has 0 spiro atoms. The smallest absolute Gasteiger partial charge is 0.269 e. The van der Waals surface area contributed by atoms with Crippen LogP contribution in [-0.2, 0) is 4.79 Å². The van der Waals surface area contributed by atoms with E-state index in [0.717, 1.165) is 0 Å². The van der Waals surface area contributed by atoms with Crippen LogP contribution in [0.5, 0.6) is 0 Å². The van der Waals surface area contributed by atoms with E-state index in [9.17, 15) is 19.7 Å². The Kier molecular flexibility index (Phi) is 5.84. The summed E-state index contributed by atoms with van der Waals surface area (Å²) >= 11 is 0. The number of nitro benzene ring substituents is 1. The van der Waals surface area contributed by atoms with E-state index in [1.54, 1.807) is 53.6 Å². The number of carbonyl (C=O) groups excluding carboxylic acids is 2. The van der Waals surface area contributed by atoms with Gasteiger partial charge in [-0.25, -0.2) is 0 Å². The number of para-hydroxylation sites is 2. The van der Waals surface area contributed by atoms with Gasteiger partial charge in [0.1, 0.15) is 5.76 Å². The number of rotatable bonds is 4. The molecule has 8 heteroatoms. The highest BCUT2D eigenvalue weighted by molar-refractivity contribution is 6.12. The Bertz CT molecular complexity index is 1580. The standard InChI is InChI=1S/C30H23N3O5/c34-26-18-21(27-14-7-15-38-27)17-24-28(26)29(20-10-6-11-22(16-20)33(36)37)32(25-13-5-4-12-23(25)31-24)30(35)19-8-2-1-3-9-19/h1-16,21,29,31H,17-18H2/t21-,29+/m0/s1. The second kappa shape index (κ2) is 9.48. The van der Waals surface area contributed by atoms with Crippen LogP contribution in [0.1, 0.15) is 46.5 Å². The minimum Gasteiger partial charge on any atom is -0.469 e. The lowest BCUT2D eigenvalue weighted by Gasteiger charge is -2.34. The summed E-state index contributed by atoms with van der Waals surface area (Å²) in [6.07, 6.45) is 2.27. The van der Waals surface area contributed by atoms with Crippen molar-refractivity contribution in [3.8, 4) is 0 Å². The number of allylic oxidation sites excluding steroid dienone is 1. The molecule has 1 aromatic heterocycles. The molecule has 6 rings (SSSR count). The van der Waals surface area contributed by atoms with Crippen molar-refractivity contribution in [3.63, 3.8) is 0 Å². The van der Waals surface area contributed by atoms with Crippen LogP contribution in [0.3, 0.4) is 0 Å². The van der Waals surface area contributed by atoms with Crippen molar-refractivity contribution in [2.45, 2.75) is 24.8 Å². The summed E-state index contributed by atoms with van der Waals surface area (Å²) in [6.45, 7) is 0. The first-order chi connectivity index (χ1) is 18.5. The molecule has 0 fully saturated rings. The third-order valence-electron chi connectivity index (χ3n) is 7.07. The van der Waals surface area contributed by atoms with Gasteiger partial charge in [0.05, 0.1) is 28.6 Å².